The minimum atomic E-state index is -0.615. The van der Waals surface area contributed by atoms with Crippen LogP contribution in [0.15, 0.2) is 48.5 Å². The Morgan fingerprint density at radius 2 is 1.59 bits per heavy atom. The molecule has 2 aromatic rings. The monoisotopic (exact) mass is 371 g/mol. The third-order valence-electron chi connectivity index (χ3n) is 3.84. The SMILES string of the molecule is CCCCc1ccc(NC(=O)COC(=O)COc2ccc(OC)cc2)cc1. The molecule has 2 aromatic carbocycles. The molecule has 6 nitrogen and oxygen atoms in total. The van der Waals surface area contributed by atoms with Gasteiger partial charge in [-0.2, -0.15) is 0 Å². The van der Waals surface area contributed by atoms with Gasteiger partial charge in [0.1, 0.15) is 11.5 Å². The molecule has 0 radical (unpaired) electrons. The van der Waals surface area contributed by atoms with Crippen molar-refractivity contribution in [3.05, 3.63) is 54.1 Å². The van der Waals surface area contributed by atoms with E-state index in [1.807, 2.05) is 24.3 Å². The van der Waals surface area contributed by atoms with Crippen LogP contribution in [-0.4, -0.2) is 32.2 Å². The number of hydrogen-bond donors (Lipinski definition) is 1. The Labute approximate surface area is 159 Å². The second kappa shape index (κ2) is 10.9. The number of amides is 1. The smallest absolute Gasteiger partial charge is 0.344 e. The maximum atomic E-state index is 11.9. The van der Waals surface area contributed by atoms with Crippen LogP contribution in [0.5, 0.6) is 11.5 Å². The molecule has 144 valence electrons. The van der Waals surface area contributed by atoms with Crippen molar-refractivity contribution in [2.75, 3.05) is 25.6 Å². The van der Waals surface area contributed by atoms with E-state index in [9.17, 15) is 9.59 Å². The van der Waals surface area contributed by atoms with E-state index in [2.05, 4.69) is 12.2 Å². The zero-order chi connectivity index (χ0) is 19.5. The first-order chi connectivity index (χ1) is 13.1. The third kappa shape index (κ3) is 7.40. The van der Waals surface area contributed by atoms with Gasteiger partial charge in [-0.3, -0.25) is 4.79 Å². The van der Waals surface area contributed by atoms with E-state index in [4.69, 9.17) is 14.2 Å². The molecule has 0 heterocycles. The molecule has 6 heteroatoms. The Hall–Kier alpha value is -3.02. The summed E-state index contributed by atoms with van der Waals surface area (Å²) in [6, 6.07) is 14.5. The summed E-state index contributed by atoms with van der Waals surface area (Å²) in [7, 11) is 1.57. The Morgan fingerprint density at radius 1 is 0.926 bits per heavy atom. The Morgan fingerprint density at radius 3 is 2.22 bits per heavy atom. The molecule has 0 bridgehead atoms. The maximum Gasteiger partial charge on any atom is 0.344 e. The normalized spacial score (nSPS) is 10.1. The predicted molar refractivity (Wildman–Crippen MR) is 103 cm³/mol. The van der Waals surface area contributed by atoms with Gasteiger partial charge in [0, 0.05) is 5.69 Å². The van der Waals surface area contributed by atoms with Crippen LogP contribution in [0.1, 0.15) is 25.3 Å². The number of ether oxygens (including phenoxy) is 3. The number of methoxy groups -OCH3 is 1. The molecular weight excluding hydrogens is 346 g/mol. The molecule has 0 fully saturated rings. The van der Waals surface area contributed by atoms with Crippen LogP contribution in [0.25, 0.3) is 0 Å². The standard InChI is InChI=1S/C21H25NO5/c1-3-4-5-16-6-8-17(9-7-16)22-20(23)14-27-21(24)15-26-19-12-10-18(25-2)11-13-19/h6-13H,3-5,14-15H2,1-2H3,(H,22,23). The van der Waals surface area contributed by atoms with E-state index in [1.165, 1.54) is 5.56 Å². The molecule has 1 N–H and O–H groups in total. The minimum absolute atomic E-state index is 0.272. The lowest BCUT2D eigenvalue weighted by Gasteiger charge is -2.09. The third-order valence-corrected chi connectivity index (χ3v) is 3.84. The molecule has 0 unspecified atom stereocenters. The van der Waals surface area contributed by atoms with Gasteiger partial charge in [0.05, 0.1) is 7.11 Å². The number of carbonyl (C=O) groups is 2. The fraction of sp³-hybridized carbons (Fsp3) is 0.333. The predicted octanol–water partition coefficient (Wildman–Crippen LogP) is 3.60. The lowest BCUT2D eigenvalue weighted by molar-refractivity contribution is -0.149. The zero-order valence-electron chi connectivity index (χ0n) is 15.7. The van der Waals surface area contributed by atoms with Crippen molar-refractivity contribution in [1.82, 2.24) is 0 Å². The van der Waals surface area contributed by atoms with Crippen molar-refractivity contribution >= 4 is 17.6 Å². The Balaban J connectivity index is 1.68. The average molecular weight is 371 g/mol. The topological polar surface area (TPSA) is 73.9 Å². The van der Waals surface area contributed by atoms with Crippen molar-refractivity contribution < 1.29 is 23.8 Å². The number of hydrogen-bond acceptors (Lipinski definition) is 5. The number of aryl methyl sites for hydroxylation is 1. The number of benzene rings is 2. The van der Waals surface area contributed by atoms with E-state index in [1.54, 1.807) is 31.4 Å². The average Bonchev–Trinajstić information content (AvgIpc) is 2.70. The molecule has 1 amide bonds. The van der Waals surface area contributed by atoms with E-state index in [0.717, 1.165) is 19.3 Å². The molecule has 0 aliphatic rings. The molecular formula is C21H25NO5. The van der Waals surface area contributed by atoms with E-state index in [0.29, 0.717) is 17.2 Å². The van der Waals surface area contributed by atoms with Gasteiger partial charge in [-0.05, 0) is 54.8 Å². The molecule has 27 heavy (non-hydrogen) atoms. The van der Waals surface area contributed by atoms with Crippen LogP contribution in [0, 0.1) is 0 Å². The molecule has 0 aliphatic carbocycles. The van der Waals surface area contributed by atoms with Gasteiger partial charge in [-0.1, -0.05) is 25.5 Å². The maximum absolute atomic E-state index is 11.9. The van der Waals surface area contributed by atoms with Gasteiger partial charge in [-0.25, -0.2) is 4.79 Å². The second-order valence-electron chi connectivity index (χ2n) is 5.97. The molecule has 0 saturated heterocycles. The summed E-state index contributed by atoms with van der Waals surface area (Å²) in [4.78, 5) is 23.6. The molecule has 0 spiro atoms. The first-order valence-corrected chi connectivity index (χ1v) is 8.92. The summed E-state index contributed by atoms with van der Waals surface area (Å²) in [5.74, 6) is 0.199. The summed E-state index contributed by atoms with van der Waals surface area (Å²) in [5, 5.41) is 2.70. The molecule has 0 aromatic heterocycles. The largest absolute Gasteiger partial charge is 0.497 e. The van der Waals surface area contributed by atoms with Crippen molar-refractivity contribution in [2.24, 2.45) is 0 Å². The van der Waals surface area contributed by atoms with Gasteiger partial charge in [0.2, 0.25) is 0 Å². The highest BCUT2D eigenvalue weighted by molar-refractivity contribution is 5.92. The summed E-state index contributed by atoms with van der Waals surface area (Å²) in [6.07, 6.45) is 3.31. The summed E-state index contributed by atoms with van der Waals surface area (Å²) in [5.41, 5.74) is 1.91. The Bertz CT molecular complexity index is 725. The highest BCUT2D eigenvalue weighted by atomic mass is 16.6. The van der Waals surface area contributed by atoms with Crippen molar-refractivity contribution in [3.63, 3.8) is 0 Å². The highest BCUT2D eigenvalue weighted by Crippen LogP contribution is 2.17. The van der Waals surface area contributed by atoms with Crippen molar-refractivity contribution in [1.29, 1.82) is 0 Å². The molecule has 2 rings (SSSR count). The summed E-state index contributed by atoms with van der Waals surface area (Å²) < 4.78 is 15.3. The van der Waals surface area contributed by atoms with E-state index < -0.39 is 11.9 Å². The summed E-state index contributed by atoms with van der Waals surface area (Å²) in [6.45, 7) is 1.52. The van der Waals surface area contributed by atoms with Gasteiger partial charge in [0.25, 0.3) is 5.91 Å². The van der Waals surface area contributed by atoms with Gasteiger partial charge >= 0.3 is 5.97 Å². The Kier molecular flexibility index (Phi) is 8.16. The van der Waals surface area contributed by atoms with Crippen LogP contribution in [0.3, 0.4) is 0 Å². The first-order valence-electron chi connectivity index (χ1n) is 8.92. The van der Waals surface area contributed by atoms with Gasteiger partial charge in [-0.15, -0.1) is 0 Å². The number of rotatable bonds is 10. The number of esters is 1. The van der Waals surface area contributed by atoms with Crippen molar-refractivity contribution in [3.8, 4) is 11.5 Å². The quantitative estimate of drug-likeness (QED) is 0.646. The molecule has 0 aliphatic heterocycles. The van der Waals surface area contributed by atoms with Crippen LogP contribution in [0.4, 0.5) is 5.69 Å². The first kappa shape index (κ1) is 20.3. The van der Waals surface area contributed by atoms with Crippen LogP contribution in [0.2, 0.25) is 0 Å². The van der Waals surface area contributed by atoms with Gasteiger partial charge < -0.3 is 19.5 Å². The van der Waals surface area contributed by atoms with Gasteiger partial charge in [0.15, 0.2) is 13.2 Å². The van der Waals surface area contributed by atoms with Crippen LogP contribution in [-0.2, 0) is 20.7 Å². The fourth-order valence-electron chi connectivity index (χ4n) is 2.33. The number of anilines is 1. The van der Waals surface area contributed by atoms with E-state index in [-0.39, 0.29) is 13.2 Å². The summed E-state index contributed by atoms with van der Waals surface area (Å²) >= 11 is 0. The van der Waals surface area contributed by atoms with Crippen LogP contribution >= 0.6 is 0 Å². The van der Waals surface area contributed by atoms with Crippen molar-refractivity contribution in [2.45, 2.75) is 26.2 Å². The minimum Gasteiger partial charge on any atom is -0.497 e. The van der Waals surface area contributed by atoms with E-state index >= 15 is 0 Å². The molecule has 0 saturated carbocycles. The number of unbranched alkanes of at least 4 members (excludes halogenated alkanes) is 1. The zero-order valence-corrected chi connectivity index (χ0v) is 15.7. The lowest BCUT2D eigenvalue weighted by atomic mass is 10.1. The number of carbonyl (C=O) groups excluding carboxylic acids is 2. The molecule has 0 atom stereocenters. The van der Waals surface area contributed by atoms with Crippen LogP contribution < -0.4 is 14.8 Å². The lowest BCUT2D eigenvalue weighted by Crippen LogP contribution is -2.23. The second-order valence-corrected chi connectivity index (χ2v) is 5.97. The number of nitrogens with one attached hydrogen (secondary N) is 1. The fourth-order valence-corrected chi connectivity index (χ4v) is 2.33. The highest BCUT2D eigenvalue weighted by Gasteiger charge is 2.09.